The highest BCUT2D eigenvalue weighted by atomic mass is 16.3. The molecule has 1 amide bonds. The second-order valence-electron chi connectivity index (χ2n) is 5.11. The van der Waals surface area contributed by atoms with Crippen LogP contribution in [0.15, 0.2) is 0 Å². The number of hydrogen-bond donors (Lipinski definition) is 1. The first-order chi connectivity index (χ1) is 8.54. The molecule has 0 radical (unpaired) electrons. The minimum absolute atomic E-state index is 0.0871. The number of amides is 1. The van der Waals surface area contributed by atoms with Crippen molar-refractivity contribution in [3.63, 3.8) is 0 Å². The van der Waals surface area contributed by atoms with Crippen LogP contribution in [0.4, 0.5) is 0 Å². The van der Waals surface area contributed by atoms with Crippen LogP contribution in [-0.4, -0.2) is 60.1 Å². The highest BCUT2D eigenvalue weighted by Crippen LogP contribution is 2.16. The molecule has 0 aliphatic carbocycles. The van der Waals surface area contributed by atoms with Gasteiger partial charge in [0.2, 0.25) is 5.91 Å². The van der Waals surface area contributed by atoms with Gasteiger partial charge in [0, 0.05) is 39.6 Å². The van der Waals surface area contributed by atoms with Crippen molar-refractivity contribution in [2.45, 2.75) is 32.3 Å². The second kappa shape index (κ2) is 7.34. The largest absolute Gasteiger partial charge is 0.393 e. The first-order valence-corrected chi connectivity index (χ1v) is 6.56. The molecule has 0 spiro atoms. The highest BCUT2D eigenvalue weighted by Gasteiger charge is 2.24. The molecule has 2 unspecified atom stereocenters. The fourth-order valence-corrected chi connectivity index (χ4v) is 2.21. The Balaban J connectivity index is 2.24. The Bertz CT molecular complexity index is 314. The maximum Gasteiger partial charge on any atom is 0.223 e. The van der Waals surface area contributed by atoms with Gasteiger partial charge in [-0.25, -0.2) is 0 Å². The molecule has 1 N–H and O–H groups in total. The molecule has 1 saturated heterocycles. The average Bonchev–Trinajstić information content (AvgIpc) is 2.36. The number of rotatable bonds is 5. The molecule has 1 aliphatic rings. The van der Waals surface area contributed by atoms with E-state index in [1.54, 1.807) is 11.9 Å². The van der Waals surface area contributed by atoms with E-state index in [1.807, 2.05) is 13.0 Å². The molecule has 0 bridgehead atoms. The number of aliphatic hydroxyl groups excluding tert-OH is 1. The van der Waals surface area contributed by atoms with Gasteiger partial charge in [-0.05, 0) is 12.3 Å². The van der Waals surface area contributed by atoms with Crippen LogP contribution in [0.2, 0.25) is 0 Å². The van der Waals surface area contributed by atoms with Crippen molar-refractivity contribution in [1.82, 2.24) is 9.80 Å². The molecule has 5 heteroatoms. The lowest BCUT2D eigenvalue weighted by molar-refractivity contribution is -0.130. The maximum absolute atomic E-state index is 11.8. The van der Waals surface area contributed by atoms with Crippen molar-refractivity contribution < 1.29 is 9.90 Å². The molecular formula is C13H23N3O2. The summed E-state index contributed by atoms with van der Waals surface area (Å²) >= 11 is 0. The molecular weight excluding hydrogens is 230 g/mol. The van der Waals surface area contributed by atoms with Gasteiger partial charge in [0.05, 0.1) is 18.6 Å². The molecule has 1 heterocycles. The van der Waals surface area contributed by atoms with Crippen molar-refractivity contribution >= 4 is 5.91 Å². The monoisotopic (exact) mass is 253 g/mol. The van der Waals surface area contributed by atoms with Gasteiger partial charge in [-0.3, -0.25) is 4.79 Å². The molecule has 0 aromatic heterocycles. The lowest BCUT2D eigenvalue weighted by Crippen LogP contribution is -2.43. The number of aliphatic hydroxyl groups is 1. The van der Waals surface area contributed by atoms with Crippen LogP contribution in [0.3, 0.4) is 0 Å². The van der Waals surface area contributed by atoms with E-state index in [-0.39, 0.29) is 17.9 Å². The first-order valence-electron chi connectivity index (χ1n) is 6.56. The maximum atomic E-state index is 11.8. The van der Waals surface area contributed by atoms with Gasteiger partial charge >= 0.3 is 0 Å². The Labute approximate surface area is 109 Å². The van der Waals surface area contributed by atoms with E-state index in [9.17, 15) is 9.90 Å². The molecule has 2 atom stereocenters. The average molecular weight is 253 g/mol. The summed E-state index contributed by atoms with van der Waals surface area (Å²) in [6, 6.07) is 2.04. The normalized spacial score (nSPS) is 24.6. The smallest absolute Gasteiger partial charge is 0.223 e. The summed E-state index contributed by atoms with van der Waals surface area (Å²) in [7, 11) is 1.74. The topological polar surface area (TPSA) is 67.6 Å². The van der Waals surface area contributed by atoms with E-state index >= 15 is 0 Å². The third-order valence-electron chi connectivity index (χ3n) is 3.57. The van der Waals surface area contributed by atoms with Crippen LogP contribution >= 0.6 is 0 Å². The molecule has 0 saturated carbocycles. The second-order valence-corrected chi connectivity index (χ2v) is 5.11. The lowest BCUT2D eigenvalue weighted by Gasteiger charge is -2.34. The van der Waals surface area contributed by atoms with E-state index in [4.69, 9.17) is 5.26 Å². The predicted octanol–water partition coefficient (Wildman–Crippen LogP) is 0.451. The Kier molecular flexibility index (Phi) is 6.10. The standard InChI is InChI=1S/C13H23N3O2/c1-11-10-16(8-4-12(11)17)9-5-13(18)15(2)7-3-6-14/h11-12,17H,3-5,7-10H2,1-2H3. The van der Waals surface area contributed by atoms with Crippen LogP contribution < -0.4 is 0 Å². The van der Waals surface area contributed by atoms with Crippen LogP contribution in [0.5, 0.6) is 0 Å². The Morgan fingerprint density at radius 1 is 1.61 bits per heavy atom. The van der Waals surface area contributed by atoms with Crippen LogP contribution in [0.1, 0.15) is 26.2 Å². The zero-order valence-electron chi connectivity index (χ0n) is 11.3. The Hall–Kier alpha value is -1.12. The summed E-state index contributed by atoms with van der Waals surface area (Å²) in [5, 5.41) is 18.1. The summed E-state index contributed by atoms with van der Waals surface area (Å²) in [4.78, 5) is 15.6. The van der Waals surface area contributed by atoms with E-state index in [2.05, 4.69) is 4.90 Å². The molecule has 18 heavy (non-hydrogen) atoms. The predicted molar refractivity (Wildman–Crippen MR) is 68.7 cm³/mol. The Morgan fingerprint density at radius 3 is 2.94 bits per heavy atom. The van der Waals surface area contributed by atoms with Gasteiger partial charge in [-0.15, -0.1) is 0 Å². The fraction of sp³-hybridized carbons (Fsp3) is 0.846. The molecule has 1 rings (SSSR count). The number of carbonyl (C=O) groups excluding carboxylic acids is 1. The van der Waals surface area contributed by atoms with Crippen molar-refractivity contribution in [2.75, 3.05) is 33.2 Å². The third-order valence-corrected chi connectivity index (χ3v) is 3.57. The van der Waals surface area contributed by atoms with Gasteiger partial charge in [0.25, 0.3) is 0 Å². The fourth-order valence-electron chi connectivity index (χ4n) is 2.21. The van der Waals surface area contributed by atoms with Crippen molar-refractivity contribution in [3.05, 3.63) is 0 Å². The van der Waals surface area contributed by atoms with E-state index < -0.39 is 0 Å². The summed E-state index contributed by atoms with van der Waals surface area (Å²) in [5.41, 5.74) is 0. The summed E-state index contributed by atoms with van der Waals surface area (Å²) in [6.07, 6.45) is 1.47. The van der Waals surface area contributed by atoms with Crippen LogP contribution in [-0.2, 0) is 4.79 Å². The zero-order valence-corrected chi connectivity index (χ0v) is 11.3. The van der Waals surface area contributed by atoms with Crippen molar-refractivity contribution in [1.29, 1.82) is 5.26 Å². The number of nitrogens with zero attached hydrogens (tertiary/aromatic N) is 3. The number of nitriles is 1. The number of hydrogen-bond acceptors (Lipinski definition) is 4. The molecule has 0 aromatic rings. The van der Waals surface area contributed by atoms with Gasteiger partial charge in [-0.1, -0.05) is 6.92 Å². The quantitative estimate of drug-likeness (QED) is 0.772. The first kappa shape index (κ1) is 14.9. The summed E-state index contributed by atoms with van der Waals surface area (Å²) in [5.74, 6) is 0.370. The van der Waals surface area contributed by atoms with E-state index in [0.717, 1.165) is 26.1 Å². The van der Waals surface area contributed by atoms with Gasteiger partial charge in [0.15, 0.2) is 0 Å². The zero-order chi connectivity index (χ0) is 13.5. The third kappa shape index (κ3) is 4.63. The SMILES string of the molecule is CC1CN(CCC(=O)N(C)CCC#N)CCC1O. The molecule has 1 fully saturated rings. The minimum atomic E-state index is -0.199. The molecule has 5 nitrogen and oxygen atoms in total. The van der Waals surface area contributed by atoms with E-state index in [0.29, 0.717) is 19.4 Å². The Morgan fingerprint density at radius 2 is 2.33 bits per heavy atom. The molecule has 102 valence electrons. The van der Waals surface area contributed by atoms with Crippen LogP contribution in [0, 0.1) is 17.2 Å². The van der Waals surface area contributed by atoms with E-state index in [1.165, 1.54) is 0 Å². The minimum Gasteiger partial charge on any atom is -0.393 e. The van der Waals surface area contributed by atoms with Gasteiger partial charge in [0.1, 0.15) is 0 Å². The number of piperidine rings is 1. The van der Waals surface area contributed by atoms with Crippen molar-refractivity contribution in [3.8, 4) is 6.07 Å². The summed E-state index contributed by atoms with van der Waals surface area (Å²) in [6.45, 7) is 5.01. The van der Waals surface area contributed by atoms with Gasteiger partial charge < -0.3 is 14.9 Å². The molecule has 0 aromatic carbocycles. The lowest BCUT2D eigenvalue weighted by atomic mass is 9.97. The van der Waals surface area contributed by atoms with Crippen LogP contribution in [0.25, 0.3) is 0 Å². The highest BCUT2D eigenvalue weighted by molar-refractivity contribution is 5.76. The molecule has 1 aliphatic heterocycles. The summed E-state index contributed by atoms with van der Waals surface area (Å²) < 4.78 is 0. The number of carbonyl (C=O) groups is 1. The number of likely N-dealkylation sites (tertiary alicyclic amines) is 1. The van der Waals surface area contributed by atoms with Gasteiger partial charge in [-0.2, -0.15) is 5.26 Å². The van der Waals surface area contributed by atoms with Crippen molar-refractivity contribution in [2.24, 2.45) is 5.92 Å².